The van der Waals surface area contributed by atoms with Crippen LogP contribution in [0, 0.1) is 5.92 Å². The van der Waals surface area contributed by atoms with Crippen LogP contribution >= 0.6 is 11.6 Å². The number of benzene rings is 2. The predicted octanol–water partition coefficient (Wildman–Crippen LogP) is 6.57. The number of methoxy groups -OCH3 is 1. The van der Waals surface area contributed by atoms with Gasteiger partial charge in [0.2, 0.25) is 5.91 Å². The number of halogens is 1. The third-order valence-corrected chi connectivity index (χ3v) is 8.58. The third kappa shape index (κ3) is 6.58. The molecule has 5 rings (SSSR count). The summed E-state index contributed by atoms with van der Waals surface area (Å²) in [5.41, 5.74) is 2.63. The van der Waals surface area contributed by atoms with Crippen molar-refractivity contribution in [2.75, 3.05) is 39.3 Å². The van der Waals surface area contributed by atoms with Crippen LogP contribution in [0.25, 0.3) is 10.9 Å². The van der Waals surface area contributed by atoms with Crippen LogP contribution in [-0.2, 0) is 17.9 Å². The van der Waals surface area contributed by atoms with E-state index in [9.17, 15) is 9.59 Å². The minimum Gasteiger partial charge on any atom is -0.493 e. The molecule has 8 nitrogen and oxygen atoms in total. The van der Waals surface area contributed by atoms with E-state index in [-0.39, 0.29) is 24.5 Å². The monoisotopic (exact) mass is 580 g/mol. The van der Waals surface area contributed by atoms with E-state index in [1.807, 2.05) is 50.8 Å². The average molecular weight is 581 g/mol. The van der Waals surface area contributed by atoms with Crippen LogP contribution in [0.1, 0.15) is 51.0 Å². The summed E-state index contributed by atoms with van der Waals surface area (Å²) in [6.07, 6.45) is 8.86. The van der Waals surface area contributed by atoms with Crippen molar-refractivity contribution in [3.05, 3.63) is 53.2 Å². The SMILES string of the molecule is COc1ccc(N2CC[C@H](C)N(Cc3cccc4c3c(Cl)cn4CC(=O)N(C)C)C2=O)cc1OCCCCC1CC1. The highest BCUT2D eigenvalue weighted by atomic mass is 35.5. The Balaban J connectivity index is 1.33. The number of urea groups is 1. The van der Waals surface area contributed by atoms with Crippen LogP contribution in [0.3, 0.4) is 0 Å². The molecule has 1 aliphatic carbocycles. The van der Waals surface area contributed by atoms with E-state index < -0.39 is 0 Å². The first-order chi connectivity index (χ1) is 19.8. The van der Waals surface area contributed by atoms with Crippen molar-refractivity contribution < 1.29 is 19.1 Å². The van der Waals surface area contributed by atoms with Gasteiger partial charge in [0, 0.05) is 56.6 Å². The van der Waals surface area contributed by atoms with E-state index in [1.165, 1.54) is 25.7 Å². The molecule has 0 unspecified atom stereocenters. The lowest BCUT2D eigenvalue weighted by Gasteiger charge is -2.40. The maximum Gasteiger partial charge on any atom is 0.325 e. The smallest absolute Gasteiger partial charge is 0.325 e. The van der Waals surface area contributed by atoms with Crippen molar-refractivity contribution in [2.24, 2.45) is 5.92 Å². The van der Waals surface area contributed by atoms with Gasteiger partial charge in [0.05, 0.1) is 24.3 Å². The number of rotatable bonds is 12. The van der Waals surface area contributed by atoms with Crippen LogP contribution in [-0.4, -0.2) is 66.7 Å². The molecule has 0 spiro atoms. The largest absolute Gasteiger partial charge is 0.493 e. The van der Waals surface area contributed by atoms with E-state index >= 15 is 0 Å². The molecule has 220 valence electrons. The normalized spacial score (nSPS) is 17.3. The third-order valence-electron chi connectivity index (χ3n) is 8.29. The molecule has 2 aliphatic rings. The standard InChI is InChI=1S/C32H41ClN4O4/c1-22-15-16-36(25-13-14-28(40-4)29(18-25)41-17-6-5-8-23-11-12-23)32(39)37(22)19-24-9-7-10-27-31(24)26(33)20-35(27)21-30(38)34(2)3/h7,9-10,13-14,18,20,22-23H,5-6,8,11-12,15-17,19,21H2,1-4H3/t22-/m0/s1. The number of hydrogen-bond acceptors (Lipinski definition) is 4. The number of unbranched alkanes of at least 4 members (excludes halogenated alkanes) is 1. The molecule has 41 heavy (non-hydrogen) atoms. The molecule has 2 fully saturated rings. The molecule has 1 aromatic heterocycles. The number of likely N-dealkylation sites (N-methyl/N-ethyl adjacent to an activating group) is 1. The molecule has 3 amide bonds. The highest BCUT2D eigenvalue weighted by Gasteiger charge is 2.33. The Morgan fingerprint density at radius 2 is 1.90 bits per heavy atom. The quantitative estimate of drug-likeness (QED) is 0.227. The van der Waals surface area contributed by atoms with Gasteiger partial charge < -0.3 is 23.8 Å². The van der Waals surface area contributed by atoms with Crippen LogP contribution in [0.5, 0.6) is 11.5 Å². The molecule has 3 aromatic rings. The highest BCUT2D eigenvalue weighted by molar-refractivity contribution is 6.36. The number of carbonyl (C=O) groups is 2. The van der Waals surface area contributed by atoms with Crippen LogP contribution in [0.15, 0.2) is 42.6 Å². The molecule has 1 aliphatic heterocycles. The fourth-order valence-electron chi connectivity index (χ4n) is 5.55. The summed E-state index contributed by atoms with van der Waals surface area (Å²) in [6.45, 7) is 3.96. The summed E-state index contributed by atoms with van der Waals surface area (Å²) in [4.78, 5) is 31.6. The van der Waals surface area contributed by atoms with Crippen molar-refractivity contribution in [1.29, 1.82) is 0 Å². The molecule has 2 heterocycles. The Morgan fingerprint density at radius 1 is 1.10 bits per heavy atom. The number of amides is 3. The first kappa shape index (κ1) is 29.1. The molecular formula is C32H41ClN4O4. The molecule has 1 saturated heterocycles. The number of anilines is 1. The molecule has 0 N–H and O–H groups in total. The topological polar surface area (TPSA) is 67.2 Å². The van der Waals surface area contributed by atoms with Gasteiger partial charge in [0.15, 0.2) is 11.5 Å². The Bertz CT molecular complexity index is 1400. The lowest BCUT2D eigenvalue weighted by atomic mass is 10.1. The Hall–Kier alpha value is -3.39. The first-order valence-electron chi connectivity index (χ1n) is 14.6. The van der Waals surface area contributed by atoms with Crippen LogP contribution in [0.4, 0.5) is 10.5 Å². The van der Waals surface area contributed by atoms with E-state index in [4.69, 9.17) is 21.1 Å². The number of nitrogens with zero attached hydrogens (tertiary/aromatic N) is 4. The van der Waals surface area contributed by atoms with Crippen molar-refractivity contribution in [1.82, 2.24) is 14.4 Å². The maximum atomic E-state index is 13.9. The van der Waals surface area contributed by atoms with Gasteiger partial charge in [-0.15, -0.1) is 0 Å². The van der Waals surface area contributed by atoms with Gasteiger partial charge in [0.25, 0.3) is 0 Å². The molecule has 0 bridgehead atoms. The van der Waals surface area contributed by atoms with Gasteiger partial charge in [-0.3, -0.25) is 9.69 Å². The van der Waals surface area contributed by atoms with Crippen molar-refractivity contribution in [3.8, 4) is 11.5 Å². The first-order valence-corrected chi connectivity index (χ1v) is 15.0. The van der Waals surface area contributed by atoms with Gasteiger partial charge in [-0.2, -0.15) is 0 Å². The van der Waals surface area contributed by atoms with Gasteiger partial charge in [-0.25, -0.2) is 4.79 Å². The number of fused-ring (bicyclic) bond motifs is 1. The summed E-state index contributed by atoms with van der Waals surface area (Å²) in [5, 5.41) is 1.45. The molecule has 9 heteroatoms. The Kier molecular flexibility index (Phi) is 8.97. The number of carbonyl (C=O) groups excluding carboxylic acids is 2. The van der Waals surface area contributed by atoms with Gasteiger partial charge >= 0.3 is 6.03 Å². The molecular weight excluding hydrogens is 540 g/mol. The lowest BCUT2D eigenvalue weighted by molar-refractivity contribution is -0.129. The molecule has 1 atom stereocenters. The Labute approximate surface area is 247 Å². The highest BCUT2D eigenvalue weighted by Crippen LogP contribution is 2.36. The van der Waals surface area contributed by atoms with E-state index in [0.29, 0.717) is 36.2 Å². The number of hydrogen-bond donors (Lipinski definition) is 0. The van der Waals surface area contributed by atoms with Crippen molar-refractivity contribution in [3.63, 3.8) is 0 Å². The summed E-state index contributed by atoms with van der Waals surface area (Å²) in [6, 6.07) is 11.7. The molecule has 0 radical (unpaired) electrons. The van der Waals surface area contributed by atoms with Gasteiger partial charge in [-0.05, 0) is 55.9 Å². The number of ether oxygens (including phenoxy) is 2. The minimum absolute atomic E-state index is 0.0134. The fraction of sp³-hybridized carbons (Fsp3) is 0.500. The average Bonchev–Trinajstić information content (AvgIpc) is 3.73. The number of aromatic nitrogens is 1. The minimum atomic E-state index is -0.0559. The molecule has 2 aromatic carbocycles. The summed E-state index contributed by atoms with van der Waals surface area (Å²) in [5.74, 6) is 2.25. The van der Waals surface area contributed by atoms with Gasteiger partial charge in [0.1, 0.15) is 6.54 Å². The predicted molar refractivity (Wildman–Crippen MR) is 163 cm³/mol. The van der Waals surface area contributed by atoms with Crippen molar-refractivity contribution >= 4 is 40.1 Å². The molecule has 1 saturated carbocycles. The second kappa shape index (κ2) is 12.6. The van der Waals surface area contributed by atoms with Gasteiger partial charge in [-0.1, -0.05) is 43.0 Å². The van der Waals surface area contributed by atoms with E-state index in [2.05, 4.69) is 6.92 Å². The lowest BCUT2D eigenvalue weighted by Crippen LogP contribution is -2.53. The van der Waals surface area contributed by atoms with Crippen LogP contribution in [0.2, 0.25) is 5.02 Å². The summed E-state index contributed by atoms with van der Waals surface area (Å²) < 4.78 is 13.6. The van der Waals surface area contributed by atoms with E-state index in [0.717, 1.165) is 40.9 Å². The van der Waals surface area contributed by atoms with Crippen LogP contribution < -0.4 is 14.4 Å². The second-order valence-electron chi connectivity index (χ2n) is 11.5. The van der Waals surface area contributed by atoms with E-state index in [1.54, 1.807) is 32.3 Å². The zero-order valence-corrected chi connectivity index (χ0v) is 25.3. The van der Waals surface area contributed by atoms with Crippen molar-refractivity contribution in [2.45, 2.75) is 64.6 Å². The fourth-order valence-corrected chi connectivity index (χ4v) is 5.89. The Morgan fingerprint density at radius 3 is 2.63 bits per heavy atom. The zero-order valence-electron chi connectivity index (χ0n) is 24.6. The summed E-state index contributed by atoms with van der Waals surface area (Å²) >= 11 is 6.70. The summed E-state index contributed by atoms with van der Waals surface area (Å²) in [7, 11) is 5.12. The maximum absolute atomic E-state index is 13.9. The second-order valence-corrected chi connectivity index (χ2v) is 11.9. The zero-order chi connectivity index (χ0) is 29.1.